The number of benzene rings is 1. The fourth-order valence-corrected chi connectivity index (χ4v) is 3.63. The van der Waals surface area contributed by atoms with Crippen molar-refractivity contribution >= 4 is 22.0 Å². The fraction of sp³-hybridized carbons (Fsp3) is 0.0625. The van der Waals surface area contributed by atoms with E-state index in [0.717, 1.165) is 23.1 Å². The molecular formula is C16H8F8N4S2. The van der Waals surface area contributed by atoms with E-state index in [2.05, 4.69) is 15.3 Å². The Kier molecular flexibility index (Phi) is 4.64. The second-order valence-electron chi connectivity index (χ2n) is 5.79. The molecule has 0 spiro atoms. The monoisotopic (exact) mass is 472 g/mol. The van der Waals surface area contributed by atoms with Gasteiger partial charge in [-0.15, -0.1) is 11.5 Å². The van der Waals surface area contributed by atoms with E-state index in [1.165, 1.54) is 0 Å². The molecule has 0 atom stereocenters. The van der Waals surface area contributed by atoms with Crippen LogP contribution in [0.3, 0.4) is 0 Å². The molecule has 0 amide bonds. The van der Waals surface area contributed by atoms with Gasteiger partial charge >= 0.3 is 16.4 Å². The normalized spacial score (nSPS) is 14.6. The van der Waals surface area contributed by atoms with Gasteiger partial charge in [0.05, 0.1) is 23.1 Å². The molecular weight excluding hydrogens is 464 g/mol. The zero-order chi connectivity index (χ0) is 22.4. The molecule has 0 unspecified atom stereocenters. The van der Waals surface area contributed by atoms with Crippen LogP contribution < -0.4 is 0 Å². The first-order chi connectivity index (χ1) is 13.6. The molecule has 2 heterocycles. The summed E-state index contributed by atoms with van der Waals surface area (Å²) in [6, 6.07) is 2.52. The quantitative estimate of drug-likeness (QED) is 0.241. The number of thioether (sulfide) groups is 1. The molecule has 0 fully saturated rings. The smallest absolute Gasteiger partial charge is 0.254 e. The van der Waals surface area contributed by atoms with E-state index in [1.54, 1.807) is 0 Å². The Bertz CT molecular complexity index is 1160. The second-order valence-corrected chi connectivity index (χ2v) is 9.08. The van der Waals surface area contributed by atoms with E-state index >= 15 is 0 Å². The van der Waals surface area contributed by atoms with Crippen molar-refractivity contribution in [1.29, 1.82) is 0 Å². The van der Waals surface area contributed by atoms with Crippen LogP contribution in [0, 0.1) is 11.7 Å². The SMILES string of the molecule is C#CSc1cc(S(F)(F)(F)(F)F)ccc1-n1cc(-c2cc(C(F)(F)F)ccn2)nn1. The Balaban J connectivity index is 2.07. The highest BCUT2D eigenvalue weighted by molar-refractivity contribution is 8.45. The highest BCUT2D eigenvalue weighted by Crippen LogP contribution is 3.02. The Morgan fingerprint density at radius 3 is 2.30 bits per heavy atom. The molecule has 160 valence electrons. The van der Waals surface area contributed by atoms with Crippen molar-refractivity contribution < 1.29 is 32.6 Å². The predicted octanol–water partition coefficient (Wildman–Crippen LogP) is 6.69. The van der Waals surface area contributed by atoms with Gasteiger partial charge in [0.2, 0.25) is 0 Å². The van der Waals surface area contributed by atoms with Gasteiger partial charge in [-0.25, -0.2) is 4.68 Å². The van der Waals surface area contributed by atoms with Crippen molar-refractivity contribution in [3.63, 3.8) is 0 Å². The van der Waals surface area contributed by atoms with Crippen molar-refractivity contribution in [2.24, 2.45) is 0 Å². The molecule has 2 aromatic heterocycles. The van der Waals surface area contributed by atoms with Crippen molar-refractivity contribution in [3.05, 3.63) is 48.3 Å². The molecule has 3 rings (SSSR count). The third-order valence-corrected chi connectivity index (χ3v) is 5.45. The number of hydrogen-bond donors (Lipinski definition) is 0. The Morgan fingerprint density at radius 1 is 1.00 bits per heavy atom. The summed E-state index contributed by atoms with van der Waals surface area (Å²) < 4.78 is 105. The second kappa shape index (κ2) is 6.35. The summed E-state index contributed by atoms with van der Waals surface area (Å²) in [5.74, 6) is 0. The van der Waals surface area contributed by atoms with Crippen LogP contribution in [0.4, 0.5) is 32.6 Å². The number of terminal acetylenes is 1. The molecule has 0 saturated carbocycles. The summed E-state index contributed by atoms with van der Waals surface area (Å²) in [4.78, 5) is 1.24. The summed E-state index contributed by atoms with van der Waals surface area (Å²) >= 11 is 0.396. The lowest BCUT2D eigenvalue weighted by Gasteiger charge is -2.40. The summed E-state index contributed by atoms with van der Waals surface area (Å²) in [6.07, 6.45) is 2.43. The minimum Gasteiger partial charge on any atom is -0.254 e. The maximum absolute atomic E-state index is 13.1. The number of rotatable bonds is 4. The molecule has 3 aromatic rings. The average molecular weight is 472 g/mol. The molecule has 0 saturated heterocycles. The van der Waals surface area contributed by atoms with Gasteiger partial charge in [-0.2, -0.15) is 13.2 Å². The number of alkyl halides is 3. The average Bonchev–Trinajstić information content (AvgIpc) is 3.09. The van der Waals surface area contributed by atoms with Crippen LogP contribution in [0.25, 0.3) is 17.1 Å². The van der Waals surface area contributed by atoms with Gasteiger partial charge in [0.25, 0.3) is 0 Å². The van der Waals surface area contributed by atoms with E-state index < -0.39 is 26.9 Å². The van der Waals surface area contributed by atoms with Crippen molar-refractivity contribution in [1.82, 2.24) is 20.0 Å². The number of aromatic nitrogens is 4. The summed E-state index contributed by atoms with van der Waals surface area (Å²) in [5, 5.41) is 9.25. The molecule has 0 aliphatic carbocycles. The van der Waals surface area contributed by atoms with Crippen LogP contribution >= 0.6 is 22.0 Å². The van der Waals surface area contributed by atoms with E-state index in [0.29, 0.717) is 23.9 Å². The van der Waals surface area contributed by atoms with Crippen molar-refractivity contribution in [3.8, 4) is 28.8 Å². The van der Waals surface area contributed by atoms with Gasteiger partial charge in [0.15, 0.2) is 0 Å². The van der Waals surface area contributed by atoms with Crippen LogP contribution in [0.2, 0.25) is 0 Å². The lowest BCUT2D eigenvalue weighted by Crippen LogP contribution is -2.07. The molecule has 0 N–H and O–H groups in total. The predicted molar refractivity (Wildman–Crippen MR) is 95.7 cm³/mol. The van der Waals surface area contributed by atoms with Crippen LogP contribution in [-0.2, 0) is 6.18 Å². The van der Waals surface area contributed by atoms with Crippen molar-refractivity contribution in [2.75, 3.05) is 0 Å². The molecule has 1 aromatic carbocycles. The first-order valence-electron chi connectivity index (χ1n) is 7.55. The summed E-state index contributed by atoms with van der Waals surface area (Å²) in [5.41, 5.74) is -1.46. The summed E-state index contributed by atoms with van der Waals surface area (Å²) in [7, 11) is -9.95. The van der Waals surface area contributed by atoms with E-state index in [4.69, 9.17) is 6.42 Å². The number of pyridine rings is 1. The molecule has 30 heavy (non-hydrogen) atoms. The largest absolute Gasteiger partial charge is 0.416 e. The van der Waals surface area contributed by atoms with Crippen LogP contribution in [0.15, 0.2) is 52.5 Å². The lowest BCUT2D eigenvalue weighted by atomic mass is 10.2. The fourth-order valence-electron chi connectivity index (χ4n) is 2.31. The first-order valence-corrected chi connectivity index (χ1v) is 10.3. The third kappa shape index (κ3) is 4.68. The maximum atomic E-state index is 13.1. The van der Waals surface area contributed by atoms with Gasteiger partial charge in [0.1, 0.15) is 10.6 Å². The van der Waals surface area contributed by atoms with E-state index in [1.807, 2.05) is 5.25 Å². The van der Waals surface area contributed by atoms with Gasteiger partial charge in [-0.05, 0) is 47.3 Å². The van der Waals surface area contributed by atoms with Gasteiger partial charge in [0, 0.05) is 11.1 Å². The van der Waals surface area contributed by atoms with E-state index in [9.17, 15) is 32.6 Å². The zero-order valence-corrected chi connectivity index (χ0v) is 15.9. The molecule has 14 heteroatoms. The highest BCUT2D eigenvalue weighted by atomic mass is 32.5. The molecule has 0 radical (unpaired) electrons. The maximum Gasteiger partial charge on any atom is 0.416 e. The first kappa shape index (κ1) is 21.9. The Labute approximate surface area is 168 Å². The highest BCUT2D eigenvalue weighted by Gasteiger charge is 2.65. The molecule has 0 bridgehead atoms. The minimum absolute atomic E-state index is 0.130. The minimum atomic E-state index is -9.95. The third-order valence-electron chi connectivity index (χ3n) is 3.64. The van der Waals surface area contributed by atoms with Crippen LogP contribution in [0.1, 0.15) is 5.56 Å². The Hall–Kier alpha value is -2.79. The van der Waals surface area contributed by atoms with E-state index in [-0.39, 0.29) is 34.1 Å². The van der Waals surface area contributed by atoms with Gasteiger partial charge < -0.3 is 0 Å². The van der Waals surface area contributed by atoms with Gasteiger partial charge in [-0.3, -0.25) is 4.98 Å². The number of hydrogen-bond acceptors (Lipinski definition) is 4. The van der Waals surface area contributed by atoms with Crippen LogP contribution in [0.5, 0.6) is 0 Å². The van der Waals surface area contributed by atoms with Gasteiger partial charge in [-0.1, -0.05) is 24.6 Å². The summed E-state index contributed by atoms with van der Waals surface area (Å²) in [6.45, 7) is 0. The topological polar surface area (TPSA) is 43.6 Å². The number of nitrogens with zero attached hydrogens (tertiary/aromatic N) is 4. The number of halogens is 8. The molecule has 0 aliphatic rings. The Morgan fingerprint density at radius 2 is 1.70 bits per heavy atom. The van der Waals surface area contributed by atoms with Crippen molar-refractivity contribution in [2.45, 2.75) is 16.0 Å². The zero-order valence-electron chi connectivity index (χ0n) is 14.2. The lowest BCUT2D eigenvalue weighted by molar-refractivity contribution is -0.137. The van der Waals surface area contributed by atoms with Crippen LogP contribution in [-0.4, -0.2) is 20.0 Å². The standard InChI is InChI=1S/C16H8F8N4S2/c1-2-29-15-8-11(30(20,21,22,23)24)3-4-14(15)28-9-13(26-27-28)12-7-10(5-6-25-12)16(17,18)19/h1,3-9H. The molecule has 4 nitrogen and oxygen atoms in total. The molecule has 0 aliphatic heterocycles.